The van der Waals surface area contributed by atoms with Gasteiger partial charge in [-0.05, 0) is 78.7 Å². The molecule has 2 fully saturated rings. The second kappa shape index (κ2) is 12.8. The van der Waals surface area contributed by atoms with Crippen molar-refractivity contribution in [1.29, 1.82) is 0 Å². The molecule has 2 aliphatic rings. The van der Waals surface area contributed by atoms with Crippen LogP contribution in [0.2, 0.25) is 0 Å². The van der Waals surface area contributed by atoms with E-state index in [1.807, 2.05) is 36.4 Å². The summed E-state index contributed by atoms with van der Waals surface area (Å²) in [6.07, 6.45) is 5.46. The fourth-order valence-electron chi connectivity index (χ4n) is 6.78. The number of piperidine rings is 2. The predicted octanol–water partition coefficient (Wildman–Crippen LogP) is 7.73. The Morgan fingerprint density at radius 1 is 0.878 bits per heavy atom. The number of fused-ring (bicyclic) bond motifs is 2. The monoisotopic (exact) mass is 572 g/mol. The summed E-state index contributed by atoms with van der Waals surface area (Å²) in [6.45, 7) is 9.45. The zero-order valence-corrected chi connectivity index (χ0v) is 24.8. The lowest BCUT2D eigenvalue weighted by Crippen LogP contribution is -2.48. The van der Waals surface area contributed by atoms with E-state index in [1.54, 1.807) is 12.5 Å². The minimum Gasteiger partial charge on any atom is -0.464 e. The fraction of sp³-hybridized carbons (Fsp3) is 0.371. The zero-order chi connectivity index (χ0) is 27.5. The van der Waals surface area contributed by atoms with Gasteiger partial charge in [-0.3, -0.25) is 4.90 Å². The topological polar surface area (TPSA) is 61.8 Å². The van der Waals surface area contributed by atoms with E-state index in [-0.39, 0.29) is 18.3 Å². The summed E-state index contributed by atoms with van der Waals surface area (Å²) in [4.78, 5) is 2.43. The molecule has 5 aromatic rings. The molecule has 2 aliphatic heterocycles. The summed E-state index contributed by atoms with van der Waals surface area (Å²) < 4.78 is 11.0. The lowest BCUT2D eigenvalue weighted by molar-refractivity contribution is -0.0717. The summed E-state index contributed by atoms with van der Waals surface area (Å²) in [5.41, 5.74) is 4.85. The number of furan rings is 2. The normalized spacial score (nSPS) is 24.9. The van der Waals surface area contributed by atoms with Crippen molar-refractivity contribution < 1.29 is 13.9 Å². The van der Waals surface area contributed by atoms with Gasteiger partial charge in [-0.1, -0.05) is 68.4 Å². The highest BCUT2D eigenvalue weighted by molar-refractivity contribution is 5.85. The van der Waals surface area contributed by atoms with Crippen molar-refractivity contribution >= 4 is 34.3 Å². The standard InChI is InChI=1S/C21H23NO2.C14H17NO.ClH/c1-16-14-22(15-17-6-3-2-4-7-17)12-11-21(16,23)19-8-5-9-20-18(19)10-13-24-20;1-10-9-15-7-5-11(10)12-3-2-4-14-13(12)6-8-16-14;/h2-10,13,16,23H,11-12,14-15H2,1H3;2-4,6,8,10-11,15H,5,7,9H2,1H3;1H/t;10-,11+;/m.1./s1. The molecule has 0 radical (unpaired) electrons. The van der Waals surface area contributed by atoms with Crippen molar-refractivity contribution in [2.45, 2.75) is 44.8 Å². The Morgan fingerprint density at radius 3 is 2.32 bits per heavy atom. The second-order valence-corrected chi connectivity index (χ2v) is 11.7. The van der Waals surface area contributed by atoms with Crippen LogP contribution >= 0.6 is 12.4 Å². The van der Waals surface area contributed by atoms with Gasteiger partial charge < -0.3 is 19.3 Å². The summed E-state index contributed by atoms with van der Waals surface area (Å²) in [6, 6.07) is 27.0. The van der Waals surface area contributed by atoms with Crippen molar-refractivity contribution in [2.75, 3.05) is 26.2 Å². The molecule has 0 spiro atoms. The van der Waals surface area contributed by atoms with Crippen molar-refractivity contribution in [2.24, 2.45) is 11.8 Å². The lowest BCUT2D eigenvalue weighted by atomic mass is 9.76. The predicted molar refractivity (Wildman–Crippen MR) is 168 cm³/mol. The van der Waals surface area contributed by atoms with Crippen LogP contribution in [-0.4, -0.2) is 36.2 Å². The van der Waals surface area contributed by atoms with Crippen LogP contribution < -0.4 is 5.32 Å². The molecule has 4 heterocycles. The van der Waals surface area contributed by atoms with Gasteiger partial charge in [0, 0.05) is 36.3 Å². The number of halogens is 1. The largest absolute Gasteiger partial charge is 0.464 e. The first-order valence-corrected chi connectivity index (χ1v) is 14.6. The number of likely N-dealkylation sites (tertiary alicyclic amines) is 1. The number of aliphatic hydroxyl groups is 1. The van der Waals surface area contributed by atoms with Crippen molar-refractivity contribution in [1.82, 2.24) is 10.2 Å². The second-order valence-electron chi connectivity index (χ2n) is 11.7. The van der Waals surface area contributed by atoms with Gasteiger partial charge >= 0.3 is 0 Å². The molecule has 3 aromatic carbocycles. The van der Waals surface area contributed by atoms with Crippen molar-refractivity contribution in [3.8, 4) is 0 Å². The molecule has 2 saturated heterocycles. The molecule has 41 heavy (non-hydrogen) atoms. The molecule has 0 amide bonds. The molecule has 0 saturated carbocycles. The maximum atomic E-state index is 11.4. The van der Waals surface area contributed by atoms with E-state index in [0.717, 1.165) is 61.3 Å². The van der Waals surface area contributed by atoms with E-state index >= 15 is 0 Å². The number of rotatable bonds is 4. The summed E-state index contributed by atoms with van der Waals surface area (Å²) >= 11 is 0. The third kappa shape index (κ3) is 6.09. The third-order valence-electron chi connectivity index (χ3n) is 9.08. The van der Waals surface area contributed by atoms with Crippen LogP contribution in [0, 0.1) is 11.8 Å². The van der Waals surface area contributed by atoms with E-state index in [1.165, 1.54) is 22.9 Å². The van der Waals surface area contributed by atoms with Crippen LogP contribution in [0.5, 0.6) is 0 Å². The average Bonchev–Trinajstić information content (AvgIpc) is 3.66. The third-order valence-corrected chi connectivity index (χ3v) is 9.08. The highest BCUT2D eigenvalue weighted by Gasteiger charge is 2.41. The molecule has 5 nitrogen and oxygen atoms in total. The zero-order valence-electron chi connectivity index (χ0n) is 24.0. The van der Waals surface area contributed by atoms with Crippen LogP contribution in [0.1, 0.15) is 49.3 Å². The fourth-order valence-corrected chi connectivity index (χ4v) is 6.78. The molecule has 216 valence electrons. The van der Waals surface area contributed by atoms with E-state index in [9.17, 15) is 5.11 Å². The number of benzene rings is 3. The lowest BCUT2D eigenvalue weighted by Gasteiger charge is -2.44. The first-order valence-electron chi connectivity index (χ1n) is 14.6. The molecule has 4 atom stereocenters. The van der Waals surface area contributed by atoms with Gasteiger partial charge in [0.1, 0.15) is 11.2 Å². The highest BCUT2D eigenvalue weighted by atomic mass is 35.5. The van der Waals surface area contributed by atoms with Crippen molar-refractivity contribution in [3.05, 3.63) is 108 Å². The molecular formula is C35H41ClN2O3. The SMILES string of the molecule is CC1CN(Cc2ccccc2)CCC1(O)c1cccc2occc12.C[C@@H]1CNCC[C@@H]1c1cccc2occc12.Cl. The molecule has 0 bridgehead atoms. The Morgan fingerprint density at radius 2 is 1.59 bits per heavy atom. The van der Waals surface area contributed by atoms with Crippen LogP contribution in [0.4, 0.5) is 0 Å². The number of nitrogens with one attached hydrogen (secondary N) is 1. The average molecular weight is 573 g/mol. The molecule has 0 aliphatic carbocycles. The van der Waals surface area contributed by atoms with Gasteiger partial charge in [0.2, 0.25) is 0 Å². The van der Waals surface area contributed by atoms with E-state index in [4.69, 9.17) is 8.83 Å². The van der Waals surface area contributed by atoms with Crippen LogP contribution in [0.25, 0.3) is 21.9 Å². The van der Waals surface area contributed by atoms with Gasteiger partial charge in [-0.2, -0.15) is 0 Å². The molecule has 7 rings (SSSR count). The number of hydrogen-bond donors (Lipinski definition) is 2. The van der Waals surface area contributed by atoms with Crippen LogP contribution in [0.15, 0.2) is 100 Å². The Balaban J connectivity index is 0.000000173. The van der Waals surface area contributed by atoms with Crippen LogP contribution in [-0.2, 0) is 12.1 Å². The first kappa shape index (κ1) is 29.4. The summed E-state index contributed by atoms with van der Waals surface area (Å²) in [5, 5.41) is 17.2. The Labute approximate surface area is 248 Å². The minimum absolute atomic E-state index is 0. The quantitative estimate of drug-likeness (QED) is 0.231. The Bertz CT molecular complexity index is 1550. The number of hydrogen-bond acceptors (Lipinski definition) is 5. The molecule has 6 heteroatoms. The van der Waals surface area contributed by atoms with Gasteiger partial charge in [-0.15, -0.1) is 12.4 Å². The minimum atomic E-state index is -0.795. The smallest absolute Gasteiger partial charge is 0.134 e. The van der Waals surface area contributed by atoms with Gasteiger partial charge in [-0.25, -0.2) is 0 Å². The summed E-state index contributed by atoms with van der Waals surface area (Å²) in [7, 11) is 0. The molecule has 2 aromatic heterocycles. The van der Waals surface area contributed by atoms with Gasteiger partial charge in [0.15, 0.2) is 0 Å². The van der Waals surface area contributed by atoms with E-state index in [2.05, 4.69) is 66.5 Å². The Kier molecular flexibility index (Phi) is 9.20. The molecular weight excluding hydrogens is 532 g/mol. The van der Waals surface area contributed by atoms with E-state index < -0.39 is 5.60 Å². The van der Waals surface area contributed by atoms with E-state index in [0.29, 0.717) is 11.8 Å². The number of nitrogens with zero attached hydrogens (tertiary/aromatic N) is 1. The maximum Gasteiger partial charge on any atom is 0.134 e. The van der Waals surface area contributed by atoms with Crippen LogP contribution in [0.3, 0.4) is 0 Å². The first-order chi connectivity index (χ1) is 19.5. The Hall–Kier alpha value is -3.09. The molecule has 2 unspecified atom stereocenters. The summed E-state index contributed by atoms with van der Waals surface area (Å²) in [5.74, 6) is 1.53. The van der Waals surface area contributed by atoms with Gasteiger partial charge in [0.25, 0.3) is 0 Å². The highest BCUT2D eigenvalue weighted by Crippen LogP contribution is 2.41. The maximum absolute atomic E-state index is 11.4. The van der Waals surface area contributed by atoms with Crippen molar-refractivity contribution in [3.63, 3.8) is 0 Å². The molecule has 2 N–H and O–H groups in total. The van der Waals surface area contributed by atoms with Gasteiger partial charge in [0.05, 0.1) is 18.1 Å².